The molecule has 0 saturated carbocycles. The van der Waals surface area contributed by atoms with E-state index in [2.05, 4.69) is 31.4 Å². The number of benzene rings is 3. The molecule has 0 fully saturated rings. The van der Waals surface area contributed by atoms with Crippen LogP contribution < -0.4 is 20.1 Å². The Labute approximate surface area is 188 Å². The van der Waals surface area contributed by atoms with Crippen LogP contribution in [-0.4, -0.2) is 26.0 Å². The van der Waals surface area contributed by atoms with Crippen molar-refractivity contribution in [1.82, 2.24) is 0 Å². The van der Waals surface area contributed by atoms with Crippen LogP contribution in [0.1, 0.15) is 47.1 Å². The van der Waals surface area contributed by atoms with Gasteiger partial charge in [0.2, 0.25) is 0 Å². The van der Waals surface area contributed by atoms with Crippen molar-refractivity contribution in [2.45, 2.75) is 26.2 Å². The molecule has 0 heterocycles. The summed E-state index contributed by atoms with van der Waals surface area (Å²) in [5.74, 6) is 0.218. The molecular formula is C26H28N2O4. The van der Waals surface area contributed by atoms with Crippen molar-refractivity contribution in [2.24, 2.45) is 0 Å². The third-order valence-corrected chi connectivity index (χ3v) is 5.05. The summed E-state index contributed by atoms with van der Waals surface area (Å²) in [6, 6.07) is 19.7. The molecule has 0 bridgehead atoms. The highest BCUT2D eigenvalue weighted by Crippen LogP contribution is 2.29. The van der Waals surface area contributed by atoms with Crippen molar-refractivity contribution >= 4 is 23.2 Å². The third-order valence-electron chi connectivity index (χ3n) is 5.05. The number of amides is 2. The zero-order valence-corrected chi connectivity index (χ0v) is 19.0. The fraction of sp³-hybridized carbons (Fsp3) is 0.231. The van der Waals surface area contributed by atoms with Gasteiger partial charge in [-0.3, -0.25) is 9.59 Å². The predicted octanol–water partition coefficient (Wildman–Crippen LogP) is 5.51. The SMILES string of the molecule is COc1cccc(OC)c1C(=O)Nc1cccc(NC(=O)c2ccc(C(C)(C)C)cc2)c1. The third kappa shape index (κ3) is 5.27. The topological polar surface area (TPSA) is 76.7 Å². The smallest absolute Gasteiger partial charge is 0.263 e. The van der Waals surface area contributed by atoms with Gasteiger partial charge in [-0.25, -0.2) is 0 Å². The van der Waals surface area contributed by atoms with Crippen LogP contribution in [0.3, 0.4) is 0 Å². The first kappa shape index (κ1) is 22.9. The molecule has 3 aromatic rings. The largest absolute Gasteiger partial charge is 0.496 e. The number of carbonyl (C=O) groups is 2. The summed E-state index contributed by atoms with van der Waals surface area (Å²) in [5, 5.41) is 5.71. The van der Waals surface area contributed by atoms with Crippen molar-refractivity contribution in [1.29, 1.82) is 0 Å². The van der Waals surface area contributed by atoms with E-state index in [1.165, 1.54) is 14.2 Å². The number of carbonyl (C=O) groups excluding carboxylic acids is 2. The lowest BCUT2D eigenvalue weighted by Gasteiger charge is -2.19. The number of rotatable bonds is 6. The van der Waals surface area contributed by atoms with Gasteiger partial charge < -0.3 is 20.1 Å². The standard InChI is InChI=1S/C26H28N2O4/c1-26(2,3)18-14-12-17(13-15-18)24(29)27-19-8-6-9-20(16-19)28-25(30)23-21(31-4)10-7-11-22(23)32-5/h6-16H,1-5H3,(H,27,29)(H,28,30). The summed E-state index contributed by atoms with van der Waals surface area (Å²) in [4.78, 5) is 25.5. The Kier molecular flexibility index (Phi) is 6.83. The molecule has 0 atom stereocenters. The minimum atomic E-state index is -0.374. The summed E-state index contributed by atoms with van der Waals surface area (Å²) in [7, 11) is 2.99. The number of hydrogen-bond acceptors (Lipinski definition) is 4. The van der Waals surface area contributed by atoms with Gasteiger partial charge in [0.15, 0.2) is 0 Å². The lowest BCUT2D eigenvalue weighted by molar-refractivity contribution is 0.101. The first-order valence-corrected chi connectivity index (χ1v) is 10.3. The average Bonchev–Trinajstić information content (AvgIpc) is 2.78. The molecule has 166 valence electrons. The normalized spacial score (nSPS) is 10.9. The molecule has 0 aliphatic heterocycles. The average molecular weight is 433 g/mol. The molecule has 0 unspecified atom stereocenters. The first-order chi connectivity index (χ1) is 15.2. The zero-order chi connectivity index (χ0) is 23.3. The van der Waals surface area contributed by atoms with E-state index in [1.807, 2.05) is 24.3 Å². The Balaban J connectivity index is 1.75. The molecule has 0 saturated heterocycles. The van der Waals surface area contributed by atoms with Crippen molar-refractivity contribution in [2.75, 3.05) is 24.9 Å². The van der Waals surface area contributed by atoms with Crippen molar-refractivity contribution in [3.8, 4) is 11.5 Å². The van der Waals surface area contributed by atoms with Gasteiger partial charge in [-0.2, -0.15) is 0 Å². The van der Waals surface area contributed by atoms with Crippen LogP contribution in [-0.2, 0) is 5.41 Å². The summed E-state index contributed by atoms with van der Waals surface area (Å²) >= 11 is 0. The molecule has 6 nitrogen and oxygen atoms in total. The van der Waals surface area contributed by atoms with Crippen LogP contribution in [0.25, 0.3) is 0 Å². The summed E-state index contributed by atoms with van der Waals surface area (Å²) in [6.45, 7) is 6.38. The molecule has 2 N–H and O–H groups in total. The number of nitrogens with one attached hydrogen (secondary N) is 2. The Morgan fingerprint density at radius 1 is 0.719 bits per heavy atom. The highest BCUT2D eigenvalue weighted by Gasteiger charge is 2.19. The molecule has 2 amide bonds. The second kappa shape index (κ2) is 9.56. The molecule has 0 aliphatic rings. The van der Waals surface area contributed by atoms with E-state index in [0.717, 1.165) is 5.56 Å². The minimum absolute atomic E-state index is 0.0195. The predicted molar refractivity (Wildman–Crippen MR) is 127 cm³/mol. The van der Waals surface area contributed by atoms with Gasteiger partial charge in [-0.15, -0.1) is 0 Å². The van der Waals surface area contributed by atoms with Gasteiger partial charge in [0, 0.05) is 16.9 Å². The van der Waals surface area contributed by atoms with Crippen molar-refractivity contribution in [3.05, 3.63) is 83.4 Å². The van der Waals surface area contributed by atoms with Crippen LogP contribution in [0.15, 0.2) is 66.7 Å². The number of methoxy groups -OCH3 is 2. The lowest BCUT2D eigenvalue weighted by atomic mass is 9.87. The van der Waals surface area contributed by atoms with E-state index in [4.69, 9.17) is 9.47 Å². The number of anilines is 2. The van der Waals surface area contributed by atoms with Gasteiger partial charge >= 0.3 is 0 Å². The van der Waals surface area contributed by atoms with E-state index in [1.54, 1.807) is 42.5 Å². The zero-order valence-electron chi connectivity index (χ0n) is 19.0. The number of hydrogen-bond donors (Lipinski definition) is 2. The molecule has 0 spiro atoms. The lowest BCUT2D eigenvalue weighted by Crippen LogP contribution is -2.16. The second-order valence-electron chi connectivity index (χ2n) is 8.35. The van der Waals surface area contributed by atoms with Crippen LogP contribution in [0.2, 0.25) is 0 Å². The first-order valence-electron chi connectivity index (χ1n) is 10.3. The monoisotopic (exact) mass is 432 g/mol. The molecule has 3 aromatic carbocycles. The molecule has 6 heteroatoms. The molecule has 3 rings (SSSR count). The Morgan fingerprint density at radius 2 is 1.22 bits per heavy atom. The van der Waals surface area contributed by atoms with E-state index in [0.29, 0.717) is 34.0 Å². The van der Waals surface area contributed by atoms with E-state index >= 15 is 0 Å². The van der Waals surface area contributed by atoms with Gasteiger partial charge in [-0.05, 0) is 53.4 Å². The highest BCUT2D eigenvalue weighted by atomic mass is 16.5. The van der Waals surface area contributed by atoms with Crippen molar-refractivity contribution in [3.63, 3.8) is 0 Å². The van der Waals surface area contributed by atoms with Crippen LogP contribution in [0.5, 0.6) is 11.5 Å². The van der Waals surface area contributed by atoms with Crippen molar-refractivity contribution < 1.29 is 19.1 Å². The fourth-order valence-electron chi connectivity index (χ4n) is 3.27. The summed E-state index contributed by atoms with van der Waals surface area (Å²) in [5.41, 5.74) is 3.14. The molecule has 0 aromatic heterocycles. The van der Waals surface area contributed by atoms with Crippen LogP contribution in [0, 0.1) is 0 Å². The summed E-state index contributed by atoms with van der Waals surface area (Å²) in [6.07, 6.45) is 0. The molecule has 0 aliphatic carbocycles. The van der Waals surface area contributed by atoms with Crippen LogP contribution >= 0.6 is 0 Å². The van der Waals surface area contributed by atoms with E-state index in [9.17, 15) is 9.59 Å². The van der Waals surface area contributed by atoms with E-state index in [-0.39, 0.29) is 17.2 Å². The molecular weight excluding hydrogens is 404 g/mol. The van der Waals surface area contributed by atoms with Gasteiger partial charge in [0.05, 0.1) is 14.2 Å². The maximum absolute atomic E-state index is 12.9. The van der Waals surface area contributed by atoms with Gasteiger partial charge in [0.1, 0.15) is 17.1 Å². The molecule has 0 radical (unpaired) electrons. The minimum Gasteiger partial charge on any atom is -0.496 e. The van der Waals surface area contributed by atoms with Gasteiger partial charge in [0.25, 0.3) is 11.8 Å². The second-order valence-corrected chi connectivity index (χ2v) is 8.35. The Morgan fingerprint density at radius 3 is 1.72 bits per heavy atom. The Hall–Kier alpha value is -3.80. The fourth-order valence-corrected chi connectivity index (χ4v) is 3.27. The maximum atomic E-state index is 12.9. The van der Waals surface area contributed by atoms with Crippen LogP contribution in [0.4, 0.5) is 11.4 Å². The number of ether oxygens (including phenoxy) is 2. The van der Waals surface area contributed by atoms with Gasteiger partial charge in [-0.1, -0.05) is 45.0 Å². The molecule has 32 heavy (non-hydrogen) atoms. The maximum Gasteiger partial charge on any atom is 0.263 e. The Bertz CT molecular complexity index is 1090. The quantitative estimate of drug-likeness (QED) is 0.539. The van der Waals surface area contributed by atoms with E-state index < -0.39 is 0 Å². The highest BCUT2D eigenvalue weighted by molar-refractivity contribution is 6.09. The summed E-state index contributed by atoms with van der Waals surface area (Å²) < 4.78 is 10.6.